The van der Waals surface area contributed by atoms with Crippen LogP contribution in [-0.4, -0.2) is 88.8 Å². The molecule has 0 aliphatic carbocycles. The highest BCUT2D eigenvalue weighted by Gasteiger charge is 2.44. The van der Waals surface area contributed by atoms with Crippen molar-refractivity contribution in [1.29, 1.82) is 0 Å². The Morgan fingerprint density at radius 3 is 1.66 bits per heavy atom. The largest absolute Gasteiger partial charge is 0.394 e. The Labute approximate surface area is 213 Å². The van der Waals surface area contributed by atoms with E-state index in [-0.39, 0.29) is 13.2 Å². The summed E-state index contributed by atoms with van der Waals surface area (Å²) in [5.41, 5.74) is 0. The summed E-state index contributed by atoms with van der Waals surface area (Å²) in [4.78, 5) is 0. The van der Waals surface area contributed by atoms with Gasteiger partial charge in [-0.2, -0.15) is 0 Å². The number of aliphatic hydroxyl groups is 5. The van der Waals surface area contributed by atoms with Crippen LogP contribution in [0.1, 0.15) is 110 Å². The van der Waals surface area contributed by atoms with Gasteiger partial charge in [-0.3, -0.25) is 0 Å². The summed E-state index contributed by atoms with van der Waals surface area (Å²) >= 11 is 0. The molecule has 8 heteroatoms. The van der Waals surface area contributed by atoms with Crippen LogP contribution in [0.2, 0.25) is 0 Å². The van der Waals surface area contributed by atoms with Gasteiger partial charge in [0.2, 0.25) is 0 Å². The summed E-state index contributed by atoms with van der Waals surface area (Å²) in [6, 6.07) is 0. The molecule has 1 unspecified atom stereocenters. The number of unbranched alkanes of at least 4 members (excludes halogenated alkanes) is 15. The molecular formula is C27H54O8. The minimum atomic E-state index is -1.50. The van der Waals surface area contributed by atoms with Gasteiger partial charge in [0.25, 0.3) is 0 Å². The maximum atomic E-state index is 10.0. The molecule has 0 amide bonds. The van der Waals surface area contributed by atoms with E-state index in [1.165, 1.54) is 89.9 Å². The van der Waals surface area contributed by atoms with Crippen molar-refractivity contribution in [1.82, 2.24) is 0 Å². The molecule has 0 radical (unpaired) electrons. The quantitative estimate of drug-likeness (QED) is 0.133. The van der Waals surface area contributed by atoms with Crippen LogP contribution in [0.4, 0.5) is 0 Å². The van der Waals surface area contributed by atoms with E-state index < -0.39 is 43.4 Å². The third-order valence-corrected chi connectivity index (χ3v) is 6.78. The fourth-order valence-electron chi connectivity index (χ4n) is 4.49. The van der Waals surface area contributed by atoms with Crippen LogP contribution in [0.15, 0.2) is 0 Å². The van der Waals surface area contributed by atoms with E-state index in [0.717, 1.165) is 12.8 Å². The number of hydrogen-bond acceptors (Lipinski definition) is 8. The lowest BCUT2D eigenvalue weighted by molar-refractivity contribution is -0.299. The Balaban J connectivity index is 1.86. The average Bonchev–Trinajstić information content (AvgIpc) is 2.85. The molecule has 1 aliphatic rings. The van der Waals surface area contributed by atoms with Crippen LogP contribution in [0.3, 0.4) is 0 Å². The molecule has 6 atom stereocenters. The highest BCUT2D eigenvalue weighted by Crippen LogP contribution is 2.22. The molecule has 0 aromatic carbocycles. The van der Waals surface area contributed by atoms with Crippen LogP contribution >= 0.6 is 0 Å². The smallest absolute Gasteiger partial charge is 0.184 e. The molecule has 210 valence electrons. The van der Waals surface area contributed by atoms with Crippen molar-refractivity contribution in [2.45, 2.75) is 146 Å². The van der Waals surface area contributed by atoms with E-state index in [1.807, 2.05) is 0 Å². The Hall–Kier alpha value is -0.320. The number of aliphatic hydroxyl groups excluding tert-OH is 5. The zero-order valence-corrected chi connectivity index (χ0v) is 22.1. The highest BCUT2D eigenvalue weighted by atomic mass is 16.7. The monoisotopic (exact) mass is 506 g/mol. The number of ether oxygens (including phenoxy) is 3. The number of rotatable bonds is 23. The normalized spacial score (nSPS) is 25.7. The van der Waals surface area contributed by atoms with Gasteiger partial charge < -0.3 is 39.7 Å². The van der Waals surface area contributed by atoms with Crippen molar-refractivity contribution in [2.24, 2.45) is 0 Å². The summed E-state index contributed by atoms with van der Waals surface area (Å²) in [7, 11) is 0. The lowest BCUT2D eigenvalue weighted by Crippen LogP contribution is -2.59. The van der Waals surface area contributed by atoms with Gasteiger partial charge >= 0.3 is 0 Å². The molecule has 5 N–H and O–H groups in total. The highest BCUT2D eigenvalue weighted by molar-refractivity contribution is 4.89. The first-order valence-electron chi connectivity index (χ1n) is 14.2. The maximum absolute atomic E-state index is 10.0. The van der Waals surface area contributed by atoms with Crippen LogP contribution < -0.4 is 0 Å². The SMILES string of the molecule is CCCCCCCCCCCCCCCCCCOCC(O)CO[C@@H]1[C@@H](O)[C@@H](O)[C@@H](CO)O[C@H]1O. The summed E-state index contributed by atoms with van der Waals surface area (Å²) in [6.45, 7) is 2.24. The van der Waals surface area contributed by atoms with Crippen LogP contribution in [-0.2, 0) is 14.2 Å². The van der Waals surface area contributed by atoms with Gasteiger partial charge in [-0.1, -0.05) is 103 Å². The van der Waals surface area contributed by atoms with Crippen LogP contribution in [0.25, 0.3) is 0 Å². The molecule has 0 bridgehead atoms. The predicted octanol–water partition coefficient (Wildman–Crippen LogP) is 3.44. The zero-order valence-electron chi connectivity index (χ0n) is 22.1. The molecule has 0 spiro atoms. The lowest BCUT2D eigenvalue weighted by Gasteiger charge is -2.40. The summed E-state index contributed by atoms with van der Waals surface area (Å²) < 4.78 is 15.8. The van der Waals surface area contributed by atoms with Crippen molar-refractivity contribution < 1.29 is 39.7 Å². The minimum absolute atomic E-state index is 0.0975. The van der Waals surface area contributed by atoms with Crippen LogP contribution in [0, 0.1) is 0 Å². The first kappa shape index (κ1) is 32.7. The van der Waals surface area contributed by atoms with Gasteiger partial charge in [0.05, 0.1) is 19.8 Å². The lowest BCUT2D eigenvalue weighted by atomic mass is 9.99. The van der Waals surface area contributed by atoms with Crippen molar-refractivity contribution in [2.75, 3.05) is 26.4 Å². The molecule has 1 rings (SSSR count). The topological polar surface area (TPSA) is 129 Å². The molecule has 1 fully saturated rings. The minimum Gasteiger partial charge on any atom is -0.394 e. The van der Waals surface area contributed by atoms with Gasteiger partial charge in [0.1, 0.15) is 30.5 Å². The zero-order chi connectivity index (χ0) is 25.7. The van der Waals surface area contributed by atoms with Gasteiger partial charge in [-0.25, -0.2) is 0 Å². The maximum Gasteiger partial charge on any atom is 0.184 e. The Bertz CT molecular complexity index is 466. The Morgan fingerprint density at radius 2 is 1.17 bits per heavy atom. The Kier molecular flexibility index (Phi) is 20.3. The van der Waals surface area contributed by atoms with Gasteiger partial charge in [-0.05, 0) is 6.42 Å². The van der Waals surface area contributed by atoms with Crippen molar-refractivity contribution in [3.8, 4) is 0 Å². The molecule has 1 saturated heterocycles. The third kappa shape index (κ3) is 15.5. The molecule has 8 nitrogen and oxygen atoms in total. The standard InChI is InChI=1S/C27H54O8/c1-2-3-4-5-6-7-8-9-10-11-12-13-14-15-16-17-18-33-20-22(29)21-34-26-25(31)24(30)23(19-28)35-27(26)32/h22-32H,2-21H2,1H3/t22?,23-,24+,25+,26-,27-/m1/s1. The second-order valence-electron chi connectivity index (χ2n) is 10.1. The van der Waals surface area contributed by atoms with Crippen LogP contribution in [0.5, 0.6) is 0 Å². The second kappa shape index (κ2) is 21.7. The second-order valence-corrected chi connectivity index (χ2v) is 10.1. The molecule has 0 aromatic heterocycles. The molecule has 0 aromatic rings. The number of hydrogen-bond donors (Lipinski definition) is 5. The predicted molar refractivity (Wildman–Crippen MR) is 136 cm³/mol. The summed E-state index contributed by atoms with van der Waals surface area (Å²) in [5, 5.41) is 48.8. The van der Waals surface area contributed by atoms with E-state index in [0.29, 0.717) is 6.61 Å². The summed E-state index contributed by atoms with van der Waals surface area (Å²) in [6.07, 6.45) is 13.6. The Morgan fingerprint density at radius 1 is 0.686 bits per heavy atom. The molecular weight excluding hydrogens is 452 g/mol. The first-order chi connectivity index (χ1) is 17.0. The van der Waals surface area contributed by atoms with Gasteiger partial charge in [0.15, 0.2) is 6.29 Å². The van der Waals surface area contributed by atoms with E-state index >= 15 is 0 Å². The first-order valence-corrected chi connectivity index (χ1v) is 14.2. The van der Waals surface area contributed by atoms with E-state index in [9.17, 15) is 20.4 Å². The average molecular weight is 507 g/mol. The molecule has 0 saturated carbocycles. The van der Waals surface area contributed by atoms with E-state index in [1.54, 1.807) is 0 Å². The van der Waals surface area contributed by atoms with Crippen molar-refractivity contribution in [3.05, 3.63) is 0 Å². The molecule has 1 heterocycles. The van der Waals surface area contributed by atoms with E-state index in [2.05, 4.69) is 6.92 Å². The fraction of sp³-hybridized carbons (Fsp3) is 1.00. The third-order valence-electron chi connectivity index (χ3n) is 6.78. The fourth-order valence-corrected chi connectivity index (χ4v) is 4.49. The summed E-state index contributed by atoms with van der Waals surface area (Å²) in [5.74, 6) is 0. The van der Waals surface area contributed by atoms with Gasteiger partial charge in [-0.15, -0.1) is 0 Å². The van der Waals surface area contributed by atoms with E-state index in [4.69, 9.17) is 19.3 Å². The molecule has 35 heavy (non-hydrogen) atoms. The molecule has 1 aliphatic heterocycles. The van der Waals surface area contributed by atoms with Crippen molar-refractivity contribution in [3.63, 3.8) is 0 Å². The van der Waals surface area contributed by atoms with Gasteiger partial charge in [0, 0.05) is 6.61 Å². The van der Waals surface area contributed by atoms with Crippen molar-refractivity contribution >= 4 is 0 Å².